The number of hydrogen-bond donors (Lipinski definition) is 1. The number of ether oxygens (including phenoxy) is 2. The van der Waals surface area contributed by atoms with E-state index in [1.165, 1.54) is 13.2 Å². The fraction of sp³-hybridized carbons (Fsp3) is 0.538. The molecule has 0 amide bonds. The zero-order valence-corrected chi connectivity index (χ0v) is 10.6. The Balaban J connectivity index is 2.05. The van der Waals surface area contributed by atoms with Crippen LogP contribution in [-0.2, 0) is 4.74 Å². The summed E-state index contributed by atoms with van der Waals surface area (Å²) in [5, 5.41) is 0. The smallest absolute Gasteiger partial charge is 0.188 e. The highest BCUT2D eigenvalue weighted by atomic mass is 19.1. The molecule has 100 valence electrons. The van der Waals surface area contributed by atoms with E-state index in [1.54, 1.807) is 12.1 Å². The Bertz CT molecular complexity index is 393. The highest BCUT2D eigenvalue weighted by Gasteiger charge is 2.19. The molecule has 1 aliphatic heterocycles. The molecule has 0 unspecified atom stereocenters. The van der Waals surface area contributed by atoms with Gasteiger partial charge in [0.1, 0.15) is 11.6 Å². The Morgan fingerprint density at radius 3 is 2.72 bits per heavy atom. The fourth-order valence-corrected chi connectivity index (χ4v) is 2.10. The van der Waals surface area contributed by atoms with E-state index in [9.17, 15) is 4.39 Å². The van der Waals surface area contributed by atoms with Crippen LogP contribution in [0.25, 0.3) is 0 Å². The van der Waals surface area contributed by atoms with Gasteiger partial charge in [-0.3, -0.25) is 0 Å². The van der Waals surface area contributed by atoms with Crippen molar-refractivity contribution in [1.29, 1.82) is 0 Å². The molecule has 18 heavy (non-hydrogen) atoms. The molecule has 1 aromatic carbocycles. The molecule has 2 rings (SSSR count). The molecule has 0 bridgehead atoms. The Morgan fingerprint density at radius 1 is 1.39 bits per heavy atom. The minimum Gasteiger partial charge on any atom is -0.467 e. The van der Waals surface area contributed by atoms with E-state index < -0.39 is 0 Å². The summed E-state index contributed by atoms with van der Waals surface area (Å²) in [4.78, 5) is 2.03. The molecule has 1 aromatic rings. The molecule has 1 heterocycles. The summed E-state index contributed by atoms with van der Waals surface area (Å²) in [5.74, 6) is 0.214. The molecule has 4 nitrogen and oxygen atoms in total. The van der Waals surface area contributed by atoms with Gasteiger partial charge in [-0.2, -0.15) is 0 Å². The number of nitrogens with zero attached hydrogens (tertiary/aromatic N) is 1. The first-order valence-corrected chi connectivity index (χ1v) is 6.12. The van der Waals surface area contributed by atoms with E-state index in [1.807, 2.05) is 4.90 Å². The maximum atomic E-state index is 14.0. The maximum absolute atomic E-state index is 14.0. The molecule has 2 N–H and O–H groups in total. The predicted molar refractivity (Wildman–Crippen MR) is 68.3 cm³/mol. The second-order valence-corrected chi connectivity index (χ2v) is 4.49. The summed E-state index contributed by atoms with van der Waals surface area (Å²) < 4.78 is 23.9. The lowest BCUT2D eigenvalue weighted by molar-refractivity contribution is 0.0509. The van der Waals surface area contributed by atoms with E-state index in [-0.39, 0.29) is 18.7 Å². The summed E-state index contributed by atoms with van der Waals surface area (Å²) >= 11 is 0. The number of piperidine rings is 1. The van der Waals surface area contributed by atoms with Gasteiger partial charge in [-0.1, -0.05) is 0 Å². The molecule has 1 fully saturated rings. The van der Waals surface area contributed by atoms with Crippen molar-refractivity contribution in [1.82, 2.24) is 0 Å². The molecule has 1 aliphatic rings. The lowest BCUT2D eigenvalue weighted by Gasteiger charge is -2.32. The Kier molecular flexibility index (Phi) is 4.38. The molecule has 0 atom stereocenters. The average Bonchev–Trinajstić information content (AvgIpc) is 2.38. The highest BCUT2D eigenvalue weighted by Crippen LogP contribution is 2.26. The van der Waals surface area contributed by atoms with E-state index in [4.69, 9.17) is 15.2 Å². The number of anilines is 1. The molecule has 0 aromatic heterocycles. The summed E-state index contributed by atoms with van der Waals surface area (Å²) in [5.41, 5.74) is 6.46. The first-order chi connectivity index (χ1) is 8.70. The van der Waals surface area contributed by atoms with Gasteiger partial charge in [0.05, 0.1) is 5.69 Å². The van der Waals surface area contributed by atoms with Crippen molar-refractivity contribution in [2.75, 3.05) is 31.9 Å². The molecule has 0 aliphatic carbocycles. The lowest BCUT2D eigenvalue weighted by Crippen LogP contribution is -2.40. The van der Waals surface area contributed by atoms with Crippen LogP contribution in [0.4, 0.5) is 10.1 Å². The molecule has 5 heteroatoms. The second-order valence-electron chi connectivity index (χ2n) is 4.49. The lowest BCUT2D eigenvalue weighted by atomic mass is 10.1. The number of benzene rings is 1. The zero-order valence-electron chi connectivity index (χ0n) is 10.6. The molecule has 1 saturated heterocycles. The predicted octanol–water partition coefficient (Wildman–Crippen LogP) is 1.74. The summed E-state index contributed by atoms with van der Waals surface area (Å²) in [6, 6.07) is 5.14. The average molecular weight is 254 g/mol. The van der Waals surface area contributed by atoms with Gasteiger partial charge in [-0.05, 0) is 25.0 Å². The standard InChI is InChI=1S/C13H19FN2O2/c1-17-9-18-11-2-3-13(12(14)8-11)16-6-4-10(15)5-7-16/h2-3,8,10H,4-7,9,15H2,1H3. The molecule has 0 saturated carbocycles. The summed E-state index contributed by atoms with van der Waals surface area (Å²) in [7, 11) is 1.53. The Labute approximate surface area is 106 Å². The third-order valence-electron chi connectivity index (χ3n) is 3.14. The monoisotopic (exact) mass is 254 g/mol. The van der Waals surface area contributed by atoms with Crippen molar-refractivity contribution < 1.29 is 13.9 Å². The number of methoxy groups -OCH3 is 1. The van der Waals surface area contributed by atoms with Crippen molar-refractivity contribution in [3.63, 3.8) is 0 Å². The van der Waals surface area contributed by atoms with Gasteiger partial charge in [0.25, 0.3) is 0 Å². The first-order valence-electron chi connectivity index (χ1n) is 6.12. The van der Waals surface area contributed by atoms with Crippen LogP contribution in [0.2, 0.25) is 0 Å². The van der Waals surface area contributed by atoms with Crippen molar-refractivity contribution >= 4 is 5.69 Å². The van der Waals surface area contributed by atoms with Crippen LogP contribution in [0.3, 0.4) is 0 Å². The molecule has 0 spiro atoms. The van der Waals surface area contributed by atoms with Gasteiger partial charge >= 0.3 is 0 Å². The second kappa shape index (κ2) is 6.02. The molecular weight excluding hydrogens is 235 g/mol. The molecular formula is C13H19FN2O2. The van der Waals surface area contributed by atoms with Gasteiger partial charge < -0.3 is 20.1 Å². The van der Waals surface area contributed by atoms with E-state index in [0.29, 0.717) is 11.4 Å². The van der Waals surface area contributed by atoms with Crippen molar-refractivity contribution in [3.05, 3.63) is 24.0 Å². The van der Waals surface area contributed by atoms with Crippen LogP contribution in [0.1, 0.15) is 12.8 Å². The number of rotatable bonds is 4. The highest BCUT2D eigenvalue weighted by molar-refractivity contribution is 5.51. The van der Waals surface area contributed by atoms with Gasteiger partial charge in [0.15, 0.2) is 6.79 Å². The van der Waals surface area contributed by atoms with Crippen molar-refractivity contribution in [3.8, 4) is 5.75 Å². The van der Waals surface area contributed by atoms with Crippen molar-refractivity contribution in [2.24, 2.45) is 5.73 Å². The minimum absolute atomic E-state index is 0.122. The van der Waals surface area contributed by atoms with Crippen LogP contribution in [0, 0.1) is 5.82 Å². The summed E-state index contributed by atoms with van der Waals surface area (Å²) in [6.45, 7) is 1.73. The SMILES string of the molecule is COCOc1ccc(N2CCC(N)CC2)c(F)c1. The van der Waals surface area contributed by atoms with Gasteiger partial charge in [-0.25, -0.2) is 4.39 Å². The Morgan fingerprint density at radius 2 is 2.11 bits per heavy atom. The van der Waals surface area contributed by atoms with Gasteiger partial charge in [0.2, 0.25) is 0 Å². The number of hydrogen-bond acceptors (Lipinski definition) is 4. The van der Waals surface area contributed by atoms with Crippen LogP contribution >= 0.6 is 0 Å². The topological polar surface area (TPSA) is 47.7 Å². The van der Waals surface area contributed by atoms with Crippen LogP contribution in [0.5, 0.6) is 5.75 Å². The minimum atomic E-state index is -0.265. The van der Waals surface area contributed by atoms with Crippen LogP contribution in [0.15, 0.2) is 18.2 Å². The molecule has 0 radical (unpaired) electrons. The number of halogens is 1. The van der Waals surface area contributed by atoms with E-state index >= 15 is 0 Å². The van der Waals surface area contributed by atoms with Crippen LogP contribution < -0.4 is 15.4 Å². The normalized spacial score (nSPS) is 16.9. The third-order valence-corrected chi connectivity index (χ3v) is 3.14. The van der Waals surface area contributed by atoms with Crippen molar-refractivity contribution in [2.45, 2.75) is 18.9 Å². The van der Waals surface area contributed by atoms with Gasteiger partial charge in [0, 0.05) is 32.3 Å². The zero-order chi connectivity index (χ0) is 13.0. The van der Waals surface area contributed by atoms with E-state index in [0.717, 1.165) is 25.9 Å². The fourth-order valence-electron chi connectivity index (χ4n) is 2.10. The number of nitrogens with two attached hydrogens (primary N) is 1. The summed E-state index contributed by atoms with van der Waals surface area (Å²) in [6.07, 6.45) is 1.81. The van der Waals surface area contributed by atoms with E-state index in [2.05, 4.69) is 0 Å². The Hall–Kier alpha value is -1.33. The largest absolute Gasteiger partial charge is 0.467 e. The van der Waals surface area contributed by atoms with Gasteiger partial charge in [-0.15, -0.1) is 0 Å². The first kappa shape index (κ1) is 13.1. The maximum Gasteiger partial charge on any atom is 0.188 e. The van der Waals surface area contributed by atoms with Crippen LogP contribution in [-0.4, -0.2) is 33.0 Å². The third kappa shape index (κ3) is 3.11. The quantitative estimate of drug-likeness (QED) is 0.831.